The predicted octanol–water partition coefficient (Wildman–Crippen LogP) is 4.29. The molecule has 14 heteroatoms. The summed E-state index contributed by atoms with van der Waals surface area (Å²) in [5, 5.41) is 26.8. The molecule has 0 radical (unpaired) electrons. The molecule has 0 saturated carbocycles. The van der Waals surface area contributed by atoms with Gasteiger partial charge in [-0.25, -0.2) is 0 Å². The number of likely N-dealkylation sites (tertiary alicyclic amines) is 1. The maximum absolute atomic E-state index is 14.7. The minimum Gasteiger partial charge on any atom is -0.859 e. The van der Waals surface area contributed by atoms with Crippen molar-refractivity contribution in [3.63, 3.8) is 0 Å². The standard InChI is InChI=1S/C38H41N5O7S2/c1-38(2)15-8-16-41(21-38)20-23-17-22(13-14-28(23)50-5)29(30-32(44)39-36(51)42(34(30)46)24-9-6-11-26(18-24)48-3)31-33(45)40-37(52)43(35(31)47)25-10-7-12-27(19-25)49-4/h6-7,9-14,17-19,29,46-47H,8,15-16,20-21H2,1-5H3,(H,39,44,51)(H,40,45,52). The number of rotatable bonds is 10. The zero-order valence-corrected chi connectivity index (χ0v) is 31.2. The summed E-state index contributed by atoms with van der Waals surface area (Å²) in [5.74, 6) is -1.17. The Bertz CT molecular complexity index is 2250. The van der Waals surface area contributed by atoms with Crippen molar-refractivity contribution < 1.29 is 29.3 Å². The number of nitrogens with zero attached hydrogens (tertiary/aromatic N) is 2. The molecule has 4 N–H and O–H groups in total. The second-order valence-corrected chi connectivity index (χ2v) is 14.4. The lowest BCUT2D eigenvalue weighted by atomic mass is 9.83. The van der Waals surface area contributed by atoms with Crippen molar-refractivity contribution in [2.24, 2.45) is 5.41 Å². The van der Waals surface area contributed by atoms with E-state index in [4.69, 9.17) is 38.6 Å². The number of hydrogen-bond donors (Lipinski definition) is 4. The Hall–Kier alpha value is -5.18. The fraction of sp³-hybridized carbons (Fsp3) is 0.316. The van der Waals surface area contributed by atoms with Crippen LogP contribution >= 0.6 is 24.4 Å². The first kappa shape index (κ1) is 36.6. The third kappa shape index (κ3) is 7.14. The lowest BCUT2D eigenvalue weighted by Gasteiger charge is -2.35. The molecule has 12 nitrogen and oxygen atoms in total. The van der Waals surface area contributed by atoms with Crippen LogP contribution in [-0.2, 0) is 6.54 Å². The van der Waals surface area contributed by atoms with Crippen molar-refractivity contribution in [3.05, 3.63) is 119 Å². The molecule has 6 rings (SSSR count). The summed E-state index contributed by atoms with van der Waals surface area (Å²) in [6, 6.07) is 18.7. The molecule has 272 valence electrons. The normalized spacial score (nSPS) is 15.9. The highest BCUT2D eigenvalue weighted by molar-refractivity contribution is 7.71. The zero-order valence-electron chi connectivity index (χ0n) is 29.6. The number of aromatic amines is 2. The van der Waals surface area contributed by atoms with Crippen LogP contribution in [0.2, 0.25) is 0 Å². The van der Waals surface area contributed by atoms with Gasteiger partial charge in [0.1, 0.15) is 23.8 Å². The van der Waals surface area contributed by atoms with Crippen LogP contribution in [0.15, 0.2) is 76.3 Å². The first-order chi connectivity index (χ1) is 24.8. The fourth-order valence-corrected chi connectivity index (χ4v) is 7.81. The van der Waals surface area contributed by atoms with E-state index in [-0.39, 0.29) is 26.1 Å². The topological polar surface area (TPSA) is 151 Å². The number of quaternary nitrogens is 1. The molecule has 1 fully saturated rings. The highest BCUT2D eigenvalue weighted by Gasteiger charge is 2.33. The van der Waals surface area contributed by atoms with Gasteiger partial charge in [-0.1, -0.05) is 32.0 Å². The highest BCUT2D eigenvalue weighted by atomic mass is 32.1. The monoisotopic (exact) mass is 743 g/mol. The van der Waals surface area contributed by atoms with Crippen molar-refractivity contribution in [1.82, 2.24) is 19.1 Å². The lowest BCUT2D eigenvalue weighted by Crippen LogP contribution is -3.13. The van der Waals surface area contributed by atoms with Crippen molar-refractivity contribution in [3.8, 4) is 40.4 Å². The molecule has 0 bridgehead atoms. The van der Waals surface area contributed by atoms with Crippen molar-refractivity contribution in [1.29, 1.82) is 0 Å². The number of aromatic hydroxyl groups is 1. The van der Waals surface area contributed by atoms with E-state index in [0.717, 1.165) is 31.5 Å². The number of methoxy groups -OCH3 is 3. The van der Waals surface area contributed by atoms with E-state index in [1.165, 1.54) is 28.3 Å². The Morgan fingerprint density at radius 1 is 0.865 bits per heavy atom. The van der Waals surface area contributed by atoms with Gasteiger partial charge in [-0.3, -0.25) is 24.1 Å². The molecule has 0 amide bonds. The van der Waals surface area contributed by atoms with Crippen LogP contribution < -0.4 is 35.3 Å². The van der Waals surface area contributed by atoms with Gasteiger partial charge in [0.15, 0.2) is 9.54 Å². The van der Waals surface area contributed by atoms with E-state index in [1.54, 1.807) is 67.8 Å². The molecule has 3 heterocycles. The van der Waals surface area contributed by atoms with Crippen molar-refractivity contribution in [2.75, 3.05) is 34.4 Å². The molecule has 0 spiro atoms. The van der Waals surface area contributed by atoms with Crippen LogP contribution in [0, 0.1) is 15.0 Å². The number of benzene rings is 3. The first-order valence-corrected chi connectivity index (χ1v) is 17.6. The molecule has 1 saturated heterocycles. The molecule has 2 aromatic heterocycles. The van der Waals surface area contributed by atoms with Crippen molar-refractivity contribution in [2.45, 2.75) is 39.2 Å². The average Bonchev–Trinajstić information content (AvgIpc) is 3.10. The van der Waals surface area contributed by atoms with Gasteiger partial charge in [-0.15, -0.1) is 0 Å². The number of piperidine rings is 1. The maximum atomic E-state index is 14.7. The lowest BCUT2D eigenvalue weighted by molar-refractivity contribution is -0.925. The minimum atomic E-state index is -1.39. The van der Waals surface area contributed by atoms with E-state index < -0.39 is 28.8 Å². The fourth-order valence-electron chi connectivity index (χ4n) is 7.24. The molecular weight excluding hydrogens is 703 g/mol. The zero-order chi connectivity index (χ0) is 37.3. The second kappa shape index (κ2) is 14.8. The Morgan fingerprint density at radius 3 is 2.06 bits per heavy atom. The Labute approximate surface area is 310 Å². The predicted molar refractivity (Wildman–Crippen MR) is 200 cm³/mol. The van der Waals surface area contributed by atoms with E-state index >= 15 is 0 Å². The number of nitrogens with one attached hydrogen (secondary N) is 3. The van der Waals surface area contributed by atoms with E-state index in [2.05, 4.69) is 23.8 Å². The Kier molecular flexibility index (Phi) is 10.4. The van der Waals surface area contributed by atoms with Gasteiger partial charge in [0, 0.05) is 28.7 Å². The Balaban J connectivity index is 1.65. The van der Waals surface area contributed by atoms with E-state index in [9.17, 15) is 19.8 Å². The molecule has 1 aliphatic rings. The van der Waals surface area contributed by atoms with Gasteiger partial charge in [0.25, 0.3) is 11.1 Å². The molecule has 2 atom stereocenters. The maximum Gasteiger partial charge on any atom is 0.259 e. The summed E-state index contributed by atoms with van der Waals surface area (Å²) in [7, 11) is 4.58. The molecule has 5 aromatic rings. The van der Waals surface area contributed by atoms with Crippen LogP contribution in [0.1, 0.15) is 54.9 Å². The van der Waals surface area contributed by atoms with Crippen LogP contribution in [0.3, 0.4) is 0 Å². The summed E-state index contributed by atoms with van der Waals surface area (Å²) < 4.78 is 18.8. The van der Waals surface area contributed by atoms with Gasteiger partial charge in [0.05, 0.1) is 57.3 Å². The summed E-state index contributed by atoms with van der Waals surface area (Å²) in [4.78, 5) is 34.8. The van der Waals surface area contributed by atoms with Gasteiger partial charge in [-0.05, 0) is 85.1 Å². The summed E-state index contributed by atoms with van der Waals surface area (Å²) in [6.45, 7) is 7.02. The quantitative estimate of drug-likeness (QED) is 0.154. The number of hydrogen-bond acceptors (Lipinski definition) is 9. The number of aromatic nitrogens is 4. The van der Waals surface area contributed by atoms with Gasteiger partial charge in [0.2, 0.25) is 5.88 Å². The van der Waals surface area contributed by atoms with Crippen LogP contribution in [0.25, 0.3) is 11.4 Å². The smallest absolute Gasteiger partial charge is 0.259 e. The molecule has 3 aromatic carbocycles. The highest BCUT2D eigenvalue weighted by Crippen LogP contribution is 2.39. The van der Waals surface area contributed by atoms with Gasteiger partial charge in [-0.2, -0.15) is 0 Å². The van der Waals surface area contributed by atoms with Crippen LogP contribution in [-0.4, -0.2) is 58.6 Å². The third-order valence-corrected chi connectivity index (χ3v) is 10.2. The molecule has 52 heavy (non-hydrogen) atoms. The average molecular weight is 744 g/mol. The third-order valence-electron chi connectivity index (χ3n) is 9.61. The molecule has 1 aliphatic heterocycles. The van der Waals surface area contributed by atoms with Gasteiger partial charge < -0.3 is 33.9 Å². The number of H-pyrrole nitrogens is 2. The van der Waals surface area contributed by atoms with Crippen molar-refractivity contribution >= 4 is 24.4 Å². The largest absolute Gasteiger partial charge is 0.859 e. The van der Waals surface area contributed by atoms with Crippen LogP contribution in [0.5, 0.6) is 29.0 Å². The molecule has 0 aliphatic carbocycles. The van der Waals surface area contributed by atoms with Crippen LogP contribution in [0.4, 0.5) is 0 Å². The Morgan fingerprint density at radius 2 is 1.46 bits per heavy atom. The SMILES string of the molecule is COc1cccc(-n2c([O-])c(C(c3ccc(OC)c(C[NH+]4CCCC(C)(C)C4)c3)c3c(O)n(-c4cccc(OC)c4)c(=S)[nH]c3=O)c(=O)[nH]c2=S)c1. The number of ether oxygens (including phenoxy) is 3. The summed E-state index contributed by atoms with van der Waals surface area (Å²) in [6.07, 6.45) is 2.20. The molecule has 2 unspecified atom stereocenters. The van der Waals surface area contributed by atoms with Gasteiger partial charge >= 0.3 is 0 Å². The second-order valence-electron chi connectivity index (χ2n) is 13.7. The van der Waals surface area contributed by atoms with E-state index in [1.807, 2.05) is 6.07 Å². The summed E-state index contributed by atoms with van der Waals surface area (Å²) >= 11 is 11.0. The minimum absolute atomic E-state index is 0.103. The first-order valence-electron chi connectivity index (χ1n) is 16.8. The molecular formula is C38H41N5O7S2. The summed E-state index contributed by atoms with van der Waals surface area (Å²) in [5.41, 5.74) is -0.0985. The van der Waals surface area contributed by atoms with E-state index in [0.29, 0.717) is 40.7 Å².